The normalized spacial score (nSPS) is 14.0. The van der Waals surface area contributed by atoms with Crippen LogP contribution in [-0.4, -0.2) is 28.4 Å². The van der Waals surface area contributed by atoms with Gasteiger partial charge in [-0.2, -0.15) is 0 Å². The van der Waals surface area contributed by atoms with Gasteiger partial charge in [-0.05, 0) is 40.5 Å². The van der Waals surface area contributed by atoms with Crippen LogP contribution in [0, 0.1) is 0 Å². The van der Waals surface area contributed by atoms with Crippen LogP contribution in [0.15, 0.2) is 23.3 Å². The fourth-order valence-corrected chi connectivity index (χ4v) is 1.79. The van der Waals surface area contributed by atoms with E-state index in [1.807, 2.05) is 20.8 Å². The Kier molecular flexibility index (Phi) is 7.63. The molecule has 0 aromatic heterocycles. The van der Waals surface area contributed by atoms with E-state index in [2.05, 4.69) is 6.08 Å². The van der Waals surface area contributed by atoms with Crippen molar-refractivity contribution in [3.05, 3.63) is 23.3 Å². The van der Waals surface area contributed by atoms with E-state index in [9.17, 15) is 19.5 Å². The summed E-state index contributed by atoms with van der Waals surface area (Å²) in [5.41, 5.74) is 0.0433. The van der Waals surface area contributed by atoms with Crippen LogP contribution in [0.3, 0.4) is 0 Å². The number of rotatable bonds is 8. The SMILES string of the molecule is CC(=O)OC(CC=C(C)CCC=C(C)C)(C(C)=O)C(=O)O. The number of Topliss-reactive ketones (excluding diaryl/α,β-unsaturated/α-hetero) is 1. The summed E-state index contributed by atoms with van der Waals surface area (Å²) in [5.74, 6) is -2.93. The highest BCUT2D eigenvalue weighted by Crippen LogP contribution is 2.21. The highest BCUT2D eigenvalue weighted by molar-refractivity contribution is 6.07. The van der Waals surface area contributed by atoms with Crippen LogP contribution in [0.4, 0.5) is 0 Å². The van der Waals surface area contributed by atoms with Crippen molar-refractivity contribution in [2.45, 2.75) is 59.5 Å². The van der Waals surface area contributed by atoms with Gasteiger partial charge in [0.05, 0.1) is 0 Å². The Morgan fingerprint density at radius 1 is 1.05 bits per heavy atom. The number of hydrogen-bond acceptors (Lipinski definition) is 4. The molecule has 0 heterocycles. The van der Waals surface area contributed by atoms with Crippen LogP contribution >= 0.6 is 0 Å². The molecule has 0 bridgehead atoms. The number of aliphatic carboxylic acids is 1. The molecule has 1 N–H and O–H groups in total. The van der Waals surface area contributed by atoms with E-state index in [0.717, 1.165) is 32.3 Å². The van der Waals surface area contributed by atoms with E-state index >= 15 is 0 Å². The van der Waals surface area contributed by atoms with Gasteiger partial charge in [0, 0.05) is 13.3 Å². The summed E-state index contributed by atoms with van der Waals surface area (Å²) in [6.45, 7) is 8.07. The monoisotopic (exact) mass is 296 g/mol. The van der Waals surface area contributed by atoms with Gasteiger partial charge in [0.1, 0.15) is 0 Å². The van der Waals surface area contributed by atoms with Crippen molar-refractivity contribution in [2.24, 2.45) is 0 Å². The summed E-state index contributed by atoms with van der Waals surface area (Å²) in [7, 11) is 0. The van der Waals surface area contributed by atoms with Crippen LogP contribution in [0.5, 0.6) is 0 Å². The molecule has 0 radical (unpaired) electrons. The Balaban J connectivity index is 5.06. The number of carboxylic acids is 1. The molecule has 0 amide bonds. The first kappa shape index (κ1) is 19.1. The van der Waals surface area contributed by atoms with Crippen molar-refractivity contribution in [1.82, 2.24) is 0 Å². The maximum atomic E-state index is 11.7. The molecule has 0 spiro atoms. The quantitative estimate of drug-likeness (QED) is 0.423. The van der Waals surface area contributed by atoms with E-state index in [-0.39, 0.29) is 6.42 Å². The van der Waals surface area contributed by atoms with Gasteiger partial charge in [-0.25, -0.2) is 4.79 Å². The number of carboxylic acid groups (broad SMARTS) is 1. The second kappa shape index (κ2) is 8.39. The summed E-state index contributed by atoms with van der Waals surface area (Å²) >= 11 is 0. The molecule has 0 aromatic carbocycles. The zero-order valence-corrected chi connectivity index (χ0v) is 13.4. The Labute approximate surface area is 125 Å². The summed E-state index contributed by atoms with van der Waals surface area (Å²) in [4.78, 5) is 34.1. The highest BCUT2D eigenvalue weighted by atomic mass is 16.6. The zero-order valence-electron chi connectivity index (χ0n) is 13.4. The Morgan fingerprint density at radius 3 is 2.00 bits per heavy atom. The van der Waals surface area contributed by atoms with Gasteiger partial charge in [0.2, 0.25) is 0 Å². The third-order valence-electron chi connectivity index (χ3n) is 3.06. The number of esters is 1. The third kappa shape index (κ3) is 6.38. The molecule has 0 aromatic rings. The molecule has 5 heteroatoms. The highest BCUT2D eigenvalue weighted by Gasteiger charge is 2.46. The maximum absolute atomic E-state index is 11.7. The van der Waals surface area contributed by atoms with Gasteiger partial charge in [-0.15, -0.1) is 0 Å². The van der Waals surface area contributed by atoms with Gasteiger partial charge in [0.25, 0.3) is 5.60 Å². The molecule has 0 aliphatic rings. The van der Waals surface area contributed by atoms with Gasteiger partial charge in [0.15, 0.2) is 5.78 Å². The first-order chi connectivity index (χ1) is 9.61. The molecule has 0 fully saturated rings. The van der Waals surface area contributed by atoms with E-state index in [1.165, 1.54) is 5.57 Å². The van der Waals surface area contributed by atoms with Crippen LogP contribution in [0.25, 0.3) is 0 Å². The number of allylic oxidation sites excluding steroid dienone is 3. The number of ketones is 1. The van der Waals surface area contributed by atoms with Crippen LogP contribution < -0.4 is 0 Å². The smallest absolute Gasteiger partial charge is 0.356 e. The van der Waals surface area contributed by atoms with Crippen molar-refractivity contribution in [1.29, 1.82) is 0 Å². The lowest BCUT2D eigenvalue weighted by molar-refractivity contribution is -0.180. The third-order valence-corrected chi connectivity index (χ3v) is 3.06. The molecule has 21 heavy (non-hydrogen) atoms. The van der Waals surface area contributed by atoms with E-state index in [0.29, 0.717) is 0 Å². The number of ether oxygens (including phenoxy) is 1. The average molecular weight is 296 g/mol. The summed E-state index contributed by atoms with van der Waals surface area (Å²) < 4.78 is 4.81. The Bertz CT molecular complexity index is 453. The number of carbonyl (C=O) groups is 3. The van der Waals surface area contributed by atoms with Crippen LogP contribution in [0.2, 0.25) is 0 Å². The molecule has 118 valence electrons. The lowest BCUT2D eigenvalue weighted by Crippen LogP contribution is -2.48. The largest absolute Gasteiger partial charge is 0.478 e. The van der Waals surface area contributed by atoms with Crippen molar-refractivity contribution in [3.63, 3.8) is 0 Å². The second-order valence-corrected chi connectivity index (χ2v) is 5.36. The van der Waals surface area contributed by atoms with Crippen molar-refractivity contribution in [3.8, 4) is 0 Å². The molecule has 5 nitrogen and oxygen atoms in total. The lowest BCUT2D eigenvalue weighted by Gasteiger charge is -2.25. The molecule has 1 atom stereocenters. The van der Waals surface area contributed by atoms with Gasteiger partial charge < -0.3 is 9.84 Å². The number of carbonyl (C=O) groups excluding carboxylic acids is 2. The van der Waals surface area contributed by atoms with Crippen molar-refractivity contribution in [2.75, 3.05) is 0 Å². The molecule has 0 aliphatic carbocycles. The Hall–Kier alpha value is -1.91. The molecule has 0 rings (SSSR count). The minimum atomic E-state index is -2.12. The molecular formula is C16H24O5. The predicted octanol–water partition coefficient (Wildman–Crippen LogP) is 3.04. The van der Waals surface area contributed by atoms with Crippen LogP contribution in [-0.2, 0) is 19.1 Å². The standard InChI is InChI=1S/C16H24O5/c1-11(2)7-6-8-12(3)9-10-16(13(4)17,15(19)20)21-14(5)18/h7,9H,6,8,10H2,1-5H3,(H,19,20). The van der Waals surface area contributed by atoms with Crippen molar-refractivity contribution < 1.29 is 24.2 Å². The summed E-state index contributed by atoms with van der Waals surface area (Å²) in [6.07, 6.45) is 5.19. The summed E-state index contributed by atoms with van der Waals surface area (Å²) in [5, 5.41) is 9.27. The predicted molar refractivity (Wildman–Crippen MR) is 79.9 cm³/mol. The van der Waals surface area contributed by atoms with E-state index < -0.39 is 23.3 Å². The van der Waals surface area contributed by atoms with E-state index in [1.54, 1.807) is 6.08 Å². The minimum Gasteiger partial charge on any atom is -0.478 e. The maximum Gasteiger partial charge on any atom is 0.356 e. The molecule has 1 unspecified atom stereocenters. The molecule has 0 aliphatic heterocycles. The Morgan fingerprint density at radius 2 is 1.62 bits per heavy atom. The molecular weight excluding hydrogens is 272 g/mol. The summed E-state index contributed by atoms with van der Waals surface area (Å²) in [6, 6.07) is 0. The van der Waals surface area contributed by atoms with E-state index in [4.69, 9.17) is 4.74 Å². The van der Waals surface area contributed by atoms with Gasteiger partial charge in [-0.3, -0.25) is 9.59 Å². The van der Waals surface area contributed by atoms with Gasteiger partial charge >= 0.3 is 11.9 Å². The fourth-order valence-electron chi connectivity index (χ4n) is 1.79. The number of hydrogen-bond donors (Lipinski definition) is 1. The topological polar surface area (TPSA) is 80.7 Å². The van der Waals surface area contributed by atoms with Crippen molar-refractivity contribution >= 4 is 17.7 Å². The molecule has 0 saturated carbocycles. The average Bonchev–Trinajstić information content (AvgIpc) is 2.32. The molecule has 0 saturated heterocycles. The minimum absolute atomic E-state index is 0.155. The lowest BCUT2D eigenvalue weighted by atomic mass is 9.93. The first-order valence-electron chi connectivity index (χ1n) is 6.85. The first-order valence-corrected chi connectivity index (χ1v) is 6.85. The van der Waals surface area contributed by atoms with Gasteiger partial charge in [-0.1, -0.05) is 23.3 Å². The zero-order chi connectivity index (χ0) is 16.6. The fraction of sp³-hybridized carbons (Fsp3) is 0.562. The van der Waals surface area contributed by atoms with Crippen LogP contribution in [0.1, 0.15) is 53.9 Å². The second-order valence-electron chi connectivity index (χ2n) is 5.36.